The van der Waals surface area contributed by atoms with Crippen LogP contribution in [0, 0.1) is 5.92 Å². The normalized spacial score (nSPS) is 12.3. The summed E-state index contributed by atoms with van der Waals surface area (Å²) in [5, 5.41) is 5.62. The van der Waals surface area contributed by atoms with Crippen LogP contribution in [0.1, 0.15) is 31.1 Å². The number of amides is 2. The van der Waals surface area contributed by atoms with Crippen molar-refractivity contribution in [2.24, 2.45) is 11.7 Å². The lowest BCUT2D eigenvalue weighted by atomic mass is 10.0. The molecule has 0 aliphatic rings. The molecule has 0 aliphatic carbocycles. The summed E-state index contributed by atoms with van der Waals surface area (Å²) in [6.45, 7) is 6.08. The Morgan fingerprint density at radius 1 is 0.963 bits per heavy atom. The molecule has 27 heavy (non-hydrogen) atoms. The minimum Gasteiger partial charge on any atom is -0.494 e. The van der Waals surface area contributed by atoms with Crippen molar-refractivity contribution in [3.05, 3.63) is 54.1 Å². The van der Waals surface area contributed by atoms with Crippen molar-refractivity contribution in [3.8, 4) is 5.75 Å². The van der Waals surface area contributed by atoms with Gasteiger partial charge >= 0.3 is 0 Å². The topological polar surface area (TPSA) is 93.5 Å². The van der Waals surface area contributed by atoms with Gasteiger partial charge in [-0.3, -0.25) is 9.59 Å². The van der Waals surface area contributed by atoms with Gasteiger partial charge in [0.2, 0.25) is 5.91 Å². The maximum Gasteiger partial charge on any atom is 0.255 e. The number of carbonyl (C=O) groups excluding carboxylic acids is 2. The monoisotopic (exact) mass is 391 g/mol. The van der Waals surface area contributed by atoms with E-state index in [0.717, 1.165) is 5.75 Å². The second kappa shape index (κ2) is 10.5. The first-order valence-corrected chi connectivity index (χ1v) is 8.61. The first kappa shape index (κ1) is 22.5. The smallest absolute Gasteiger partial charge is 0.255 e. The van der Waals surface area contributed by atoms with Gasteiger partial charge in [0.15, 0.2) is 0 Å². The van der Waals surface area contributed by atoms with E-state index in [0.29, 0.717) is 23.5 Å². The summed E-state index contributed by atoms with van der Waals surface area (Å²) in [6.07, 6.45) is 0. The lowest BCUT2D eigenvalue weighted by Gasteiger charge is -2.15. The summed E-state index contributed by atoms with van der Waals surface area (Å²) in [7, 11) is 0. The van der Waals surface area contributed by atoms with Gasteiger partial charge in [-0.15, -0.1) is 12.4 Å². The molecular weight excluding hydrogens is 366 g/mol. The van der Waals surface area contributed by atoms with Gasteiger partial charge in [-0.2, -0.15) is 0 Å². The quantitative estimate of drug-likeness (QED) is 0.671. The van der Waals surface area contributed by atoms with Gasteiger partial charge in [-0.05, 0) is 62.4 Å². The Morgan fingerprint density at radius 3 is 2.00 bits per heavy atom. The molecule has 0 aliphatic heterocycles. The summed E-state index contributed by atoms with van der Waals surface area (Å²) >= 11 is 0. The van der Waals surface area contributed by atoms with E-state index in [1.807, 2.05) is 6.92 Å². The maximum absolute atomic E-state index is 12.3. The van der Waals surface area contributed by atoms with E-state index in [9.17, 15) is 9.59 Å². The Labute approximate surface area is 165 Å². The average Bonchev–Trinajstić information content (AvgIpc) is 2.63. The van der Waals surface area contributed by atoms with Gasteiger partial charge in [0, 0.05) is 23.0 Å². The highest BCUT2D eigenvalue weighted by Gasteiger charge is 2.17. The summed E-state index contributed by atoms with van der Waals surface area (Å²) in [5.74, 6) is 0.0897. The highest BCUT2D eigenvalue weighted by atomic mass is 35.5. The van der Waals surface area contributed by atoms with E-state index in [2.05, 4.69) is 10.6 Å². The van der Waals surface area contributed by atoms with Gasteiger partial charge in [0.25, 0.3) is 5.91 Å². The lowest BCUT2D eigenvalue weighted by molar-refractivity contribution is -0.119. The first-order valence-electron chi connectivity index (χ1n) is 8.61. The van der Waals surface area contributed by atoms with E-state index in [1.165, 1.54) is 0 Å². The molecule has 0 aromatic heterocycles. The van der Waals surface area contributed by atoms with Gasteiger partial charge in [-0.1, -0.05) is 6.92 Å². The molecule has 6 nitrogen and oxygen atoms in total. The van der Waals surface area contributed by atoms with E-state index in [1.54, 1.807) is 62.4 Å². The molecule has 2 aromatic rings. The second-order valence-electron chi connectivity index (χ2n) is 6.13. The molecule has 0 heterocycles. The molecule has 7 heteroatoms. The Hall–Kier alpha value is -2.57. The van der Waals surface area contributed by atoms with Gasteiger partial charge in [0.05, 0.1) is 12.5 Å². The van der Waals surface area contributed by atoms with Crippen LogP contribution in [0.2, 0.25) is 0 Å². The molecular formula is C20H26ClN3O3. The number of anilines is 2. The zero-order chi connectivity index (χ0) is 19.1. The zero-order valence-electron chi connectivity index (χ0n) is 15.7. The van der Waals surface area contributed by atoms with Gasteiger partial charge in [0.1, 0.15) is 5.75 Å². The number of hydrogen-bond donors (Lipinski definition) is 3. The van der Waals surface area contributed by atoms with E-state index in [4.69, 9.17) is 10.5 Å². The third-order valence-corrected chi connectivity index (χ3v) is 4.04. The molecule has 0 spiro atoms. The SMILES string of the molecule is CCOc1ccc(NC(=O)c2ccc(NC(=O)C(C)C(C)N)cc2)cc1.Cl. The molecule has 146 valence electrons. The van der Waals surface area contributed by atoms with Crippen LogP contribution in [0.25, 0.3) is 0 Å². The summed E-state index contributed by atoms with van der Waals surface area (Å²) < 4.78 is 5.37. The number of rotatable bonds is 7. The molecule has 0 saturated carbocycles. The first-order chi connectivity index (χ1) is 12.4. The molecule has 2 aromatic carbocycles. The highest BCUT2D eigenvalue weighted by Crippen LogP contribution is 2.17. The minimum atomic E-state index is -0.294. The minimum absolute atomic E-state index is 0. The molecule has 0 bridgehead atoms. The molecule has 2 unspecified atom stereocenters. The molecule has 0 radical (unpaired) electrons. The largest absolute Gasteiger partial charge is 0.494 e. The Balaban J connectivity index is 0.00000364. The predicted octanol–water partition coefficient (Wildman–Crippen LogP) is 3.68. The van der Waals surface area contributed by atoms with Crippen LogP contribution in [0.15, 0.2) is 48.5 Å². The van der Waals surface area contributed by atoms with Crippen molar-refractivity contribution in [2.45, 2.75) is 26.8 Å². The van der Waals surface area contributed by atoms with Crippen molar-refractivity contribution in [3.63, 3.8) is 0 Å². The highest BCUT2D eigenvalue weighted by molar-refractivity contribution is 6.04. The van der Waals surface area contributed by atoms with Crippen LogP contribution in [0.4, 0.5) is 11.4 Å². The standard InChI is InChI=1S/C20H25N3O3.ClH/c1-4-26-18-11-9-17(10-12-18)23-20(25)15-5-7-16(8-6-15)22-19(24)13(2)14(3)21;/h5-14H,4,21H2,1-3H3,(H,22,24)(H,23,25);1H. The third-order valence-electron chi connectivity index (χ3n) is 4.04. The van der Waals surface area contributed by atoms with Gasteiger partial charge in [-0.25, -0.2) is 0 Å². The Bertz CT molecular complexity index is 746. The number of hydrogen-bond acceptors (Lipinski definition) is 4. The number of ether oxygens (including phenoxy) is 1. The van der Waals surface area contributed by atoms with Crippen molar-refractivity contribution < 1.29 is 14.3 Å². The van der Waals surface area contributed by atoms with E-state index in [-0.39, 0.29) is 36.2 Å². The number of carbonyl (C=O) groups is 2. The maximum atomic E-state index is 12.3. The average molecular weight is 392 g/mol. The second-order valence-corrected chi connectivity index (χ2v) is 6.13. The van der Waals surface area contributed by atoms with Crippen molar-refractivity contribution in [1.82, 2.24) is 0 Å². The van der Waals surface area contributed by atoms with Crippen molar-refractivity contribution in [1.29, 1.82) is 0 Å². The molecule has 0 saturated heterocycles. The fourth-order valence-electron chi connectivity index (χ4n) is 2.20. The van der Waals surface area contributed by atoms with Crippen LogP contribution < -0.4 is 21.1 Å². The fraction of sp³-hybridized carbons (Fsp3) is 0.300. The van der Waals surface area contributed by atoms with Crippen LogP contribution in [-0.2, 0) is 4.79 Å². The molecule has 4 N–H and O–H groups in total. The predicted molar refractivity (Wildman–Crippen MR) is 111 cm³/mol. The molecule has 2 atom stereocenters. The number of nitrogens with two attached hydrogens (primary N) is 1. The van der Waals surface area contributed by atoms with Gasteiger partial charge < -0.3 is 21.1 Å². The lowest BCUT2D eigenvalue weighted by Crippen LogP contribution is -2.34. The van der Waals surface area contributed by atoms with Crippen molar-refractivity contribution in [2.75, 3.05) is 17.2 Å². The third kappa shape index (κ3) is 6.58. The van der Waals surface area contributed by atoms with E-state index < -0.39 is 0 Å². The Kier molecular flexibility index (Phi) is 8.78. The van der Waals surface area contributed by atoms with Crippen LogP contribution in [0.3, 0.4) is 0 Å². The molecule has 2 amide bonds. The number of nitrogens with one attached hydrogen (secondary N) is 2. The van der Waals surface area contributed by atoms with Crippen molar-refractivity contribution >= 4 is 35.6 Å². The number of benzene rings is 2. The summed E-state index contributed by atoms with van der Waals surface area (Å²) in [4.78, 5) is 24.3. The van der Waals surface area contributed by atoms with E-state index >= 15 is 0 Å². The van der Waals surface area contributed by atoms with Crippen LogP contribution in [-0.4, -0.2) is 24.5 Å². The molecule has 2 rings (SSSR count). The summed E-state index contributed by atoms with van der Waals surface area (Å²) in [5.41, 5.74) is 7.54. The Morgan fingerprint density at radius 2 is 1.48 bits per heavy atom. The zero-order valence-corrected chi connectivity index (χ0v) is 16.5. The number of halogens is 1. The fourth-order valence-corrected chi connectivity index (χ4v) is 2.20. The molecule has 0 fully saturated rings. The summed E-state index contributed by atoms with van der Waals surface area (Å²) in [6, 6.07) is 13.7. The van der Waals surface area contributed by atoms with Crippen LogP contribution in [0.5, 0.6) is 5.75 Å². The van der Waals surface area contributed by atoms with Crippen LogP contribution >= 0.6 is 12.4 Å².